The predicted molar refractivity (Wildman–Crippen MR) is 68.4 cm³/mol. The van der Waals surface area contributed by atoms with Crippen molar-refractivity contribution >= 4 is 0 Å². The summed E-state index contributed by atoms with van der Waals surface area (Å²) in [7, 11) is 0. The maximum atomic E-state index is 4.30. The van der Waals surface area contributed by atoms with E-state index in [9.17, 15) is 0 Å². The minimum Gasteiger partial charge on any atom is -0.349 e. The fraction of sp³-hybridized carbons (Fsp3) is 0.769. The molecular formula is C13H25N3. The van der Waals surface area contributed by atoms with Crippen LogP contribution >= 0.6 is 0 Å². The molecule has 3 heteroatoms. The third-order valence-corrected chi connectivity index (χ3v) is 2.39. The van der Waals surface area contributed by atoms with Crippen molar-refractivity contribution < 1.29 is 0 Å². The van der Waals surface area contributed by atoms with Crippen molar-refractivity contribution in [2.24, 2.45) is 5.92 Å². The summed E-state index contributed by atoms with van der Waals surface area (Å²) in [5.74, 6) is 1.78. The lowest BCUT2D eigenvalue weighted by molar-refractivity contribution is 0.317. The molecule has 0 fully saturated rings. The maximum absolute atomic E-state index is 4.30. The van der Waals surface area contributed by atoms with Crippen molar-refractivity contribution in [1.82, 2.24) is 15.3 Å². The third kappa shape index (κ3) is 5.31. The Morgan fingerprint density at radius 3 is 2.50 bits per heavy atom. The smallest absolute Gasteiger partial charge is 0.107 e. The minimum atomic E-state index is 0.159. The second kappa shape index (κ2) is 5.48. The molecule has 0 aromatic carbocycles. The topological polar surface area (TPSA) is 40.7 Å². The van der Waals surface area contributed by atoms with Crippen molar-refractivity contribution in [3.8, 4) is 0 Å². The van der Waals surface area contributed by atoms with E-state index in [4.69, 9.17) is 0 Å². The van der Waals surface area contributed by atoms with E-state index in [1.807, 2.05) is 12.4 Å². The molecule has 0 saturated heterocycles. The van der Waals surface area contributed by atoms with Crippen LogP contribution in [-0.2, 0) is 6.42 Å². The maximum Gasteiger partial charge on any atom is 0.107 e. The first-order valence-corrected chi connectivity index (χ1v) is 6.13. The summed E-state index contributed by atoms with van der Waals surface area (Å²) >= 11 is 0. The highest BCUT2D eigenvalue weighted by molar-refractivity contribution is 4.93. The van der Waals surface area contributed by atoms with Gasteiger partial charge in [0.2, 0.25) is 0 Å². The van der Waals surface area contributed by atoms with Crippen LogP contribution in [-0.4, -0.2) is 21.5 Å². The van der Waals surface area contributed by atoms with Crippen LogP contribution in [0.5, 0.6) is 0 Å². The van der Waals surface area contributed by atoms with Crippen molar-refractivity contribution in [2.45, 2.75) is 59.0 Å². The normalized spacial score (nSPS) is 14.4. The zero-order valence-electron chi connectivity index (χ0n) is 11.2. The molecule has 1 rings (SSSR count). The van der Waals surface area contributed by atoms with E-state index in [0.29, 0.717) is 12.0 Å². The van der Waals surface area contributed by atoms with E-state index < -0.39 is 0 Å². The summed E-state index contributed by atoms with van der Waals surface area (Å²) in [6.07, 6.45) is 5.86. The van der Waals surface area contributed by atoms with Gasteiger partial charge in [0, 0.05) is 30.4 Å². The first-order chi connectivity index (χ1) is 7.37. The molecule has 0 aliphatic rings. The van der Waals surface area contributed by atoms with Gasteiger partial charge >= 0.3 is 0 Å². The van der Waals surface area contributed by atoms with E-state index in [1.54, 1.807) is 0 Å². The molecule has 1 heterocycles. The number of imidazole rings is 1. The summed E-state index contributed by atoms with van der Waals surface area (Å²) in [6, 6.07) is 0.492. The Hall–Kier alpha value is -0.830. The molecule has 0 radical (unpaired) electrons. The number of H-pyrrole nitrogens is 1. The fourth-order valence-corrected chi connectivity index (χ4v) is 2.02. The van der Waals surface area contributed by atoms with Gasteiger partial charge in [-0.3, -0.25) is 0 Å². The van der Waals surface area contributed by atoms with Gasteiger partial charge in [-0.05, 0) is 33.1 Å². The van der Waals surface area contributed by atoms with Crippen molar-refractivity contribution in [3.05, 3.63) is 18.2 Å². The van der Waals surface area contributed by atoms with E-state index in [2.05, 4.69) is 49.9 Å². The Labute approximate surface area is 99.1 Å². The van der Waals surface area contributed by atoms with Crippen LogP contribution in [0.4, 0.5) is 0 Å². The molecule has 0 unspecified atom stereocenters. The number of rotatable bonds is 5. The number of hydrogen-bond donors (Lipinski definition) is 2. The SMILES string of the molecule is CC(C)C[C@@H](Cc1ncc[nH]1)NC(C)(C)C. The molecule has 0 bridgehead atoms. The van der Waals surface area contributed by atoms with Gasteiger partial charge in [0.05, 0.1) is 0 Å². The highest BCUT2D eigenvalue weighted by Gasteiger charge is 2.19. The average Bonchev–Trinajstić information content (AvgIpc) is 2.51. The Balaban J connectivity index is 2.57. The first kappa shape index (κ1) is 13.2. The molecule has 1 atom stereocenters. The quantitative estimate of drug-likeness (QED) is 0.806. The van der Waals surface area contributed by atoms with Crippen LogP contribution in [0.2, 0.25) is 0 Å². The lowest BCUT2D eigenvalue weighted by Crippen LogP contribution is -2.45. The van der Waals surface area contributed by atoms with Crippen LogP contribution in [0, 0.1) is 5.92 Å². The zero-order chi connectivity index (χ0) is 12.2. The van der Waals surface area contributed by atoms with Gasteiger partial charge in [-0.1, -0.05) is 13.8 Å². The highest BCUT2D eigenvalue weighted by Crippen LogP contribution is 2.12. The molecule has 0 spiro atoms. The summed E-state index contributed by atoms with van der Waals surface area (Å²) in [4.78, 5) is 7.47. The third-order valence-electron chi connectivity index (χ3n) is 2.39. The van der Waals surface area contributed by atoms with Gasteiger partial charge < -0.3 is 10.3 Å². The number of nitrogens with one attached hydrogen (secondary N) is 2. The minimum absolute atomic E-state index is 0.159. The zero-order valence-corrected chi connectivity index (χ0v) is 11.2. The van der Waals surface area contributed by atoms with E-state index in [1.165, 1.54) is 6.42 Å². The summed E-state index contributed by atoms with van der Waals surface area (Å²) in [6.45, 7) is 11.2. The lowest BCUT2D eigenvalue weighted by atomic mass is 9.97. The molecule has 3 nitrogen and oxygen atoms in total. The highest BCUT2D eigenvalue weighted by atomic mass is 15.0. The van der Waals surface area contributed by atoms with Crippen LogP contribution in [0.25, 0.3) is 0 Å². The molecule has 2 N–H and O–H groups in total. The Morgan fingerprint density at radius 2 is 2.06 bits per heavy atom. The summed E-state index contributed by atoms with van der Waals surface area (Å²) in [5.41, 5.74) is 0.159. The van der Waals surface area contributed by atoms with Gasteiger partial charge in [-0.15, -0.1) is 0 Å². The fourth-order valence-electron chi connectivity index (χ4n) is 2.02. The van der Waals surface area contributed by atoms with Crippen LogP contribution in [0.15, 0.2) is 12.4 Å². The molecule has 0 aliphatic heterocycles. The lowest BCUT2D eigenvalue weighted by Gasteiger charge is -2.29. The Bertz CT molecular complexity index is 283. The molecule has 0 amide bonds. The molecule has 16 heavy (non-hydrogen) atoms. The van der Waals surface area contributed by atoms with Crippen molar-refractivity contribution in [2.75, 3.05) is 0 Å². The van der Waals surface area contributed by atoms with Crippen LogP contribution in [0.1, 0.15) is 46.9 Å². The molecule has 0 saturated carbocycles. The van der Waals surface area contributed by atoms with Gasteiger partial charge in [0.1, 0.15) is 5.82 Å². The second-order valence-electron chi connectivity index (χ2n) is 5.96. The van der Waals surface area contributed by atoms with Crippen molar-refractivity contribution in [1.29, 1.82) is 0 Å². The van der Waals surface area contributed by atoms with Gasteiger partial charge in [-0.2, -0.15) is 0 Å². The molecule has 1 aromatic heterocycles. The van der Waals surface area contributed by atoms with E-state index in [-0.39, 0.29) is 5.54 Å². The summed E-state index contributed by atoms with van der Waals surface area (Å²) < 4.78 is 0. The largest absolute Gasteiger partial charge is 0.349 e. The second-order valence-corrected chi connectivity index (χ2v) is 5.96. The molecular weight excluding hydrogens is 198 g/mol. The number of hydrogen-bond acceptors (Lipinski definition) is 2. The standard InChI is InChI=1S/C13H25N3/c1-10(2)8-11(16-13(3,4)5)9-12-14-6-7-15-12/h6-7,10-11,16H,8-9H2,1-5H3,(H,14,15)/t11-/m0/s1. The van der Waals surface area contributed by atoms with Gasteiger partial charge in [0.15, 0.2) is 0 Å². The summed E-state index contributed by atoms with van der Waals surface area (Å²) in [5, 5.41) is 3.67. The Morgan fingerprint density at radius 1 is 1.38 bits per heavy atom. The van der Waals surface area contributed by atoms with Crippen LogP contribution < -0.4 is 5.32 Å². The molecule has 1 aromatic rings. The number of nitrogens with zero attached hydrogens (tertiary/aromatic N) is 1. The first-order valence-electron chi connectivity index (χ1n) is 6.13. The number of aromatic amines is 1. The average molecular weight is 223 g/mol. The monoisotopic (exact) mass is 223 g/mol. The van der Waals surface area contributed by atoms with Gasteiger partial charge in [0.25, 0.3) is 0 Å². The molecule has 0 aliphatic carbocycles. The number of aromatic nitrogens is 2. The van der Waals surface area contributed by atoms with Crippen LogP contribution in [0.3, 0.4) is 0 Å². The van der Waals surface area contributed by atoms with Gasteiger partial charge in [-0.25, -0.2) is 4.98 Å². The van der Waals surface area contributed by atoms with Crippen molar-refractivity contribution in [3.63, 3.8) is 0 Å². The van der Waals surface area contributed by atoms with E-state index in [0.717, 1.165) is 12.2 Å². The predicted octanol–water partition coefficient (Wildman–Crippen LogP) is 2.76. The van der Waals surface area contributed by atoms with E-state index >= 15 is 0 Å². The molecule has 92 valence electrons. The Kier molecular flexibility index (Phi) is 4.54.